The van der Waals surface area contributed by atoms with Gasteiger partial charge in [-0.1, -0.05) is 30.3 Å². The van der Waals surface area contributed by atoms with Crippen molar-refractivity contribution >= 4 is 20.8 Å². The molecular formula is C20H17NO4S. The van der Waals surface area contributed by atoms with Crippen LogP contribution >= 0.6 is 0 Å². The van der Waals surface area contributed by atoms with Crippen LogP contribution in [0, 0.1) is 0 Å². The maximum absolute atomic E-state index is 12.9. The lowest BCUT2D eigenvalue weighted by Crippen LogP contribution is -2.24. The van der Waals surface area contributed by atoms with Crippen LogP contribution in [0.15, 0.2) is 53.4 Å². The highest BCUT2D eigenvalue weighted by Gasteiger charge is 2.24. The third-order valence-corrected chi connectivity index (χ3v) is 6.52. The number of ether oxygens (including phenoxy) is 2. The number of rotatable bonds is 4. The summed E-state index contributed by atoms with van der Waals surface area (Å²) in [5, 5.41) is 2.20. The van der Waals surface area contributed by atoms with E-state index in [4.69, 9.17) is 9.47 Å². The first-order valence-electron chi connectivity index (χ1n) is 8.53. The molecule has 0 fully saturated rings. The summed E-state index contributed by atoms with van der Waals surface area (Å²) in [6.07, 6.45) is 1.65. The largest absolute Gasteiger partial charge is 0.454 e. The molecule has 3 aromatic carbocycles. The number of fused-ring (bicyclic) bond motifs is 1. The summed E-state index contributed by atoms with van der Waals surface area (Å²) in [7, 11) is -3.60. The maximum Gasteiger partial charge on any atom is 0.241 e. The zero-order chi connectivity index (χ0) is 17.7. The molecule has 0 unspecified atom stereocenters. The van der Waals surface area contributed by atoms with Crippen LogP contribution in [0.1, 0.15) is 16.7 Å². The van der Waals surface area contributed by atoms with Crippen molar-refractivity contribution in [2.45, 2.75) is 24.3 Å². The van der Waals surface area contributed by atoms with Crippen molar-refractivity contribution in [3.8, 4) is 11.5 Å². The van der Waals surface area contributed by atoms with Crippen LogP contribution in [0.3, 0.4) is 0 Å². The van der Waals surface area contributed by atoms with Gasteiger partial charge in [0.15, 0.2) is 11.5 Å². The van der Waals surface area contributed by atoms with Gasteiger partial charge in [0, 0.05) is 6.54 Å². The van der Waals surface area contributed by atoms with Crippen molar-refractivity contribution < 1.29 is 17.9 Å². The molecule has 26 heavy (non-hydrogen) atoms. The average molecular weight is 367 g/mol. The first-order chi connectivity index (χ1) is 12.6. The van der Waals surface area contributed by atoms with Gasteiger partial charge in [0.2, 0.25) is 16.8 Å². The molecular weight excluding hydrogens is 350 g/mol. The summed E-state index contributed by atoms with van der Waals surface area (Å²) in [4.78, 5) is 0.385. The summed E-state index contributed by atoms with van der Waals surface area (Å²) in [6.45, 7) is 0.408. The predicted molar refractivity (Wildman–Crippen MR) is 97.9 cm³/mol. The Hall–Kier alpha value is -2.57. The summed E-state index contributed by atoms with van der Waals surface area (Å²) in [5.41, 5.74) is 2.98. The molecule has 3 aromatic rings. The Balaban J connectivity index is 1.46. The van der Waals surface area contributed by atoms with Gasteiger partial charge >= 0.3 is 0 Å². The number of nitrogens with one attached hydrogen (secondary N) is 1. The molecule has 1 heterocycles. The molecule has 0 bridgehead atoms. The Kier molecular flexibility index (Phi) is 3.45. The van der Waals surface area contributed by atoms with E-state index in [1.807, 2.05) is 30.3 Å². The predicted octanol–water partition coefficient (Wildman–Crippen LogP) is 3.15. The van der Waals surface area contributed by atoms with Crippen molar-refractivity contribution in [2.75, 3.05) is 6.79 Å². The monoisotopic (exact) mass is 367 g/mol. The molecule has 132 valence electrons. The lowest BCUT2D eigenvalue weighted by atomic mass is 10.1. The number of aryl methyl sites for hydroxylation is 2. The highest BCUT2D eigenvalue weighted by molar-refractivity contribution is 7.89. The van der Waals surface area contributed by atoms with Gasteiger partial charge in [0.05, 0.1) is 4.90 Å². The molecule has 0 saturated carbocycles. The molecule has 5 nitrogen and oxygen atoms in total. The Morgan fingerprint density at radius 3 is 2.77 bits per heavy atom. The Morgan fingerprint density at radius 2 is 1.85 bits per heavy atom. The molecule has 0 spiro atoms. The Labute approximate surface area is 151 Å². The minimum absolute atomic E-state index is 0.202. The molecule has 1 aliphatic carbocycles. The van der Waals surface area contributed by atoms with E-state index in [0.717, 1.165) is 34.7 Å². The number of sulfonamides is 1. The van der Waals surface area contributed by atoms with Crippen LogP contribution < -0.4 is 14.2 Å². The Morgan fingerprint density at radius 1 is 0.962 bits per heavy atom. The molecule has 0 aromatic heterocycles. The van der Waals surface area contributed by atoms with E-state index >= 15 is 0 Å². The smallest absolute Gasteiger partial charge is 0.241 e. The van der Waals surface area contributed by atoms with Crippen LogP contribution in [-0.2, 0) is 29.4 Å². The average Bonchev–Trinajstić information content (AvgIpc) is 3.28. The maximum atomic E-state index is 12.9. The highest BCUT2D eigenvalue weighted by Crippen LogP contribution is 2.35. The molecule has 5 rings (SSSR count). The molecule has 1 N–H and O–H groups in total. The number of benzene rings is 3. The molecule has 0 atom stereocenters. The third kappa shape index (κ3) is 2.45. The normalized spacial score (nSPS) is 14.9. The van der Waals surface area contributed by atoms with Gasteiger partial charge in [-0.3, -0.25) is 0 Å². The second kappa shape index (κ2) is 5.72. The summed E-state index contributed by atoms with van der Waals surface area (Å²) in [6, 6.07) is 15.2. The lowest BCUT2D eigenvalue weighted by Gasteiger charge is -2.12. The van der Waals surface area contributed by atoms with Crippen LogP contribution in [0.4, 0.5) is 0 Å². The van der Waals surface area contributed by atoms with Gasteiger partial charge in [-0.05, 0) is 58.5 Å². The van der Waals surface area contributed by atoms with E-state index in [-0.39, 0.29) is 13.3 Å². The SMILES string of the molecule is O=S(=O)(NCc1ccc2c(c1)OCO2)c1ccc2cccc3c2c1CC3. The molecule has 6 heteroatoms. The van der Waals surface area contributed by atoms with Gasteiger partial charge < -0.3 is 9.47 Å². The topological polar surface area (TPSA) is 64.6 Å². The van der Waals surface area contributed by atoms with Crippen LogP contribution in [-0.4, -0.2) is 15.2 Å². The molecule has 1 aliphatic heterocycles. The molecule has 0 amide bonds. The highest BCUT2D eigenvalue weighted by atomic mass is 32.2. The number of hydrogen-bond donors (Lipinski definition) is 1. The van der Waals surface area contributed by atoms with E-state index in [2.05, 4.69) is 10.8 Å². The number of hydrogen-bond acceptors (Lipinski definition) is 4. The van der Waals surface area contributed by atoms with Crippen molar-refractivity contribution in [3.05, 3.63) is 65.2 Å². The summed E-state index contributed by atoms with van der Waals surface area (Å²) < 4.78 is 39.2. The van der Waals surface area contributed by atoms with E-state index in [0.29, 0.717) is 16.4 Å². The quantitative estimate of drug-likeness (QED) is 0.769. The van der Waals surface area contributed by atoms with E-state index in [9.17, 15) is 8.42 Å². The van der Waals surface area contributed by atoms with Crippen LogP contribution in [0.5, 0.6) is 11.5 Å². The van der Waals surface area contributed by atoms with Gasteiger partial charge in [-0.2, -0.15) is 0 Å². The van der Waals surface area contributed by atoms with E-state index in [1.54, 1.807) is 12.1 Å². The van der Waals surface area contributed by atoms with Crippen molar-refractivity contribution in [3.63, 3.8) is 0 Å². The standard InChI is InChI=1S/C20H17NO4S/c22-26(23,21-11-13-4-8-17-18(10-13)25-12-24-17)19-9-6-15-3-1-2-14-5-7-16(19)20(14)15/h1-4,6,8-10,21H,5,7,11-12H2. The van der Waals surface area contributed by atoms with Crippen molar-refractivity contribution in [1.29, 1.82) is 0 Å². The van der Waals surface area contributed by atoms with Crippen LogP contribution in [0.2, 0.25) is 0 Å². The summed E-state index contributed by atoms with van der Waals surface area (Å²) >= 11 is 0. The van der Waals surface area contributed by atoms with Gasteiger partial charge in [0.25, 0.3) is 0 Å². The van der Waals surface area contributed by atoms with Gasteiger partial charge in [-0.15, -0.1) is 0 Å². The molecule has 2 aliphatic rings. The first kappa shape index (κ1) is 15.7. The van der Waals surface area contributed by atoms with E-state index < -0.39 is 10.0 Å². The zero-order valence-corrected chi connectivity index (χ0v) is 14.8. The minimum atomic E-state index is -3.60. The second-order valence-corrected chi connectivity index (χ2v) is 8.31. The molecule has 0 saturated heterocycles. The van der Waals surface area contributed by atoms with Gasteiger partial charge in [-0.25, -0.2) is 13.1 Å². The first-order valence-corrected chi connectivity index (χ1v) is 10.0. The fourth-order valence-corrected chi connectivity index (χ4v) is 5.08. The fraction of sp³-hybridized carbons (Fsp3) is 0.200. The Bertz CT molecular complexity index is 1140. The van der Waals surface area contributed by atoms with Crippen LogP contribution in [0.25, 0.3) is 10.8 Å². The zero-order valence-electron chi connectivity index (χ0n) is 14.0. The van der Waals surface area contributed by atoms with Crippen molar-refractivity contribution in [1.82, 2.24) is 4.72 Å². The van der Waals surface area contributed by atoms with Gasteiger partial charge in [0.1, 0.15) is 0 Å². The lowest BCUT2D eigenvalue weighted by molar-refractivity contribution is 0.174. The third-order valence-electron chi connectivity index (χ3n) is 5.03. The minimum Gasteiger partial charge on any atom is -0.454 e. The van der Waals surface area contributed by atoms with E-state index in [1.165, 1.54) is 5.56 Å². The molecule has 0 radical (unpaired) electrons. The summed E-state index contributed by atoms with van der Waals surface area (Å²) in [5.74, 6) is 1.34. The second-order valence-electron chi connectivity index (χ2n) is 6.57. The van der Waals surface area contributed by atoms with Crippen molar-refractivity contribution in [2.24, 2.45) is 0 Å². The fourth-order valence-electron chi connectivity index (χ4n) is 3.79.